The quantitative estimate of drug-likeness (QED) is 0.245. The van der Waals surface area contributed by atoms with Gasteiger partial charge in [-0.1, -0.05) is 55.0 Å². The number of furan rings is 1. The number of fused-ring (bicyclic) bond motifs is 1. The third kappa shape index (κ3) is 9.81. The van der Waals surface area contributed by atoms with E-state index < -0.39 is 24.0 Å². The maximum absolute atomic E-state index is 12.9. The Kier molecular flexibility index (Phi) is 11.4. The lowest BCUT2D eigenvalue weighted by molar-refractivity contribution is -0.137. The van der Waals surface area contributed by atoms with Gasteiger partial charge in [0.25, 0.3) is 5.91 Å². The van der Waals surface area contributed by atoms with Crippen LogP contribution in [-0.4, -0.2) is 60.1 Å². The number of benzene rings is 2. The number of carbonyl (C=O) groups is 4. The minimum Gasteiger partial charge on any atom is -0.481 e. The van der Waals surface area contributed by atoms with Crippen LogP contribution < -0.4 is 10.6 Å². The number of amides is 3. The number of para-hydroxylation sites is 1. The zero-order chi connectivity index (χ0) is 28.0. The minimum atomic E-state index is -0.849. The van der Waals surface area contributed by atoms with Crippen LogP contribution in [-0.2, 0) is 20.9 Å². The molecule has 3 N–H and O–H groups in total. The van der Waals surface area contributed by atoms with E-state index in [4.69, 9.17) is 14.3 Å². The van der Waals surface area contributed by atoms with Crippen molar-refractivity contribution in [2.45, 2.75) is 51.2 Å². The molecule has 0 unspecified atom stereocenters. The molecule has 39 heavy (non-hydrogen) atoms. The lowest BCUT2D eigenvalue weighted by Gasteiger charge is -2.21. The second kappa shape index (κ2) is 15.2. The van der Waals surface area contributed by atoms with Crippen molar-refractivity contribution in [3.8, 4) is 0 Å². The van der Waals surface area contributed by atoms with Gasteiger partial charge in [0.05, 0.1) is 0 Å². The van der Waals surface area contributed by atoms with E-state index >= 15 is 0 Å². The summed E-state index contributed by atoms with van der Waals surface area (Å²) in [5.74, 6) is -1.61. The van der Waals surface area contributed by atoms with E-state index in [2.05, 4.69) is 10.6 Å². The summed E-state index contributed by atoms with van der Waals surface area (Å²) >= 11 is 0. The van der Waals surface area contributed by atoms with E-state index in [0.29, 0.717) is 44.4 Å². The maximum atomic E-state index is 12.9. The zero-order valence-electron chi connectivity index (χ0n) is 22.1. The van der Waals surface area contributed by atoms with Gasteiger partial charge in [0.2, 0.25) is 5.91 Å². The summed E-state index contributed by atoms with van der Waals surface area (Å²) < 4.78 is 11.0. The van der Waals surface area contributed by atoms with Crippen LogP contribution in [0.1, 0.15) is 54.6 Å². The number of hydrogen-bond donors (Lipinski definition) is 3. The van der Waals surface area contributed by atoms with Crippen molar-refractivity contribution >= 4 is 34.8 Å². The van der Waals surface area contributed by atoms with Crippen LogP contribution in [0.3, 0.4) is 0 Å². The summed E-state index contributed by atoms with van der Waals surface area (Å²) in [6.45, 7) is 0.851. The second-order valence-electron chi connectivity index (χ2n) is 9.27. The summed E-state index contributed by atoms with van der Waals surface area (Å²) in [4.78, 5) is 50.3. The van der Waals surface area contributed by atoms with E-state index in [-0.39, 0.29) is 31.1 Å². The van der Waals surface area contributed by atoms with Crippen LogP contribution in [0.2, 0.25) is 0 Å². The number of unbranched alkanes of at least 4 members (excludes halogenated alkanes) is 2. The molecular formula is C29H35N3O7. The number of carboxylic acid groups (broad SMARTS) is 1. The molecule has 3 aromatic rings. The SMILES string of the molecule is CN(CCC[C@H](NC(=O)c1cc2ccccc2o1)C(=O)NCCCCCC(=O)O)C(=O)OCc1ccccc1. The molecule has 3 rings (SSSR count). The van der Waals surface area contributed by atoms with Crippen LogP contribution in [0.5, 0.6) is 0 Å². The van der Waals surface area contributed by atoms with Crippen molar-refractivity contribution in [1.29, 1.82) is 0 Å². The molecule has 0 saturated heterocycles. The predicted octanol–water partition coefficient (Wildman–Crippen LogP) is 4.34. The standard InChI is InChI=1S/C29H35N3O7/c1-32(29(37)38-20-21-11-4-2-5-12-21)18-10-14-23(27(35)30-17-9-3-6-16-26(33)34)31-28(36)25-19-22-13-7-8-15-24(22)39-25/h2,4-5,7-8,11-13,15,19,23H,3,6,9-10,14,16-18,20H2,1H3,(H,30,35)(H,31,36)(H,33,34)/t23-/m0/s1. The molecule has 1 aromatic heterocycles. The van der Waals surface area contributed by atoms with Crippen molar-refractivity contribution in [2.75, 3.05) is 20.1 Å². The number of nitrogens with zero attached hydrogens (tertiary/aromatic N) is 1. The summed E-state index contributed by atoms with van der Waals surface area (Å²) in [6, 6.07) is 17.4. The van der Waals surface area contributed by atoms with Gasteiger partial charge in [0.15, 0.2) is 5.76 Å². The molecule has 10 heteroatoms. The van der Waals surface area contributed by atoms with Crippen LogP contribution in [0.4, 0.5) is 4.79 Å². The molecule has 0 saturated carbocycles. The van der Waals surface area contributed by atoms with Crippen molar-refractivity contribution < 1.29 is 33.4 Å². The van der Waals surface area contributed by atoms with E-state index in [0.717, 1.165) is 10.9 Å². The van der Waals surface area contributed by atoms with E-state index in [1.807, 2.05) is 48.5 Å². The fraction of sp³-hybridized carbons (Fsp3) is 0.379. The van der Waals surface area contributed by atoms with Crippen molar-refractivity contribution in [3.05, 3.63) is 72.0 Å². The molecule has 1 heterocycles. The number of aliphatic carboxylic acids is 1. The first-order valence-electron chi connectivity index (χ1n) is 13.0. The summed E-state index contributed by atoms with van der Waals surface area (Å²) in [5, 5.41) is 15.1. The highest BCUT2D eigenvalue weighted by molar-refractivity contribution is 5.98. The highest BCUT2D eigenvalue weighted by Crippen LogP contribution is 2.19. The summed E-state index contributed by atoms with van der Waals surface area (Å²) in [6.07, 6.45) is 2.15. The van der Waals surface area contributed by atoms with E-state index in [9.17, 15) is 19.2 Å². The molecule has 0 aliphatic carbocycles. The van der Waals surface area contributed by atoms with E-state index in [1.165, 1.54) is 4.90 Å². The molecule has 0 aliphatic heterocycles. The summed E-state index contributed by atoms with van der Waals surface area (Å²) in [5.41, 5.74) is 1.45. The van der Waals surface area contributed by atoms with Crippen molar-refractivity contribution in [3.63, 3.8) is 0 Å². The monoisotopic (exact) mass is 537 g/mol. The Morgan fingerprint density at radius 2 is 1.72 bits per heavy atom. The van der Waals surface area contributed by atoms with Gasteiger partial charge >= 0.3 is 12.1 Å². The van der Waals surface area contributed by atoms with Gasteiger partial charge in [-0.2, -0.15) is 0 Å². The molecular weight excluding hydrogens is 502 g/mol. The smallest absolute Gasteiger partial charge is 0.409 e. The Balaban J connectivity index is 1.52. The zero-order valence-corrected chi connectivity index (χ0v) is 22.1. The molecule has 208 valence electrons. The predicted molar refractivity (Wildman–Crippen MR) is 145 cm³/mol. The fourth-order valence-corrected chi connectivity index (χ4v) is 3.96. The molecule has 2 aromatic carbocycles. The van der Waals surface area contributed by atoms with Gasteiger partial charge in [-0.15, -0.1) is 0 Å². The molecule has 10 nitrogen and oxygen atoms in total. The lowest BCUT2D eigenvalue weighted by atomic mass is 10.1. The van der Waals surface area contributed by atoms with Crippen LogP contribution >= 0.6 is 0 Å². The Labute approximate surface area is 227 Å². The number of hydrogen-bond acceptors (Lipinski definition) is 6. The molecule has 3 amide bonds. The summed E-state index contributed by atoms with van der Waals surface area (Å²) in [7, 11) is 1.62. The van der Waals surface area contributed by atoms with Crippen molar-refractivity contribution in [1.82, 2.24) is 15.5 Å². The topological polar surface area (TPSA) is 138 Å². The number of nitrogens with one attached hydrogen (secondary N) is 2. The highest BCUT2D eigenvalue weighted by atomic mass is 16.6. The third-order valence-corrected chi connectivity index (χ3v) is 6.14. The molecule has 0 radical (unpaired) electrons. The molecule has 0 spiro atoms. The Morgan fingerprint density at radius 1 is 0.974 bits per heavy atom. The normalized spacial score (nSPS) is 11.5. The first kappa shape index (κ1) is 29.2. The second-order valence-corrected chi connectivity index (χ2v) is 9.27. The van der Waals surface area contributed by atoms with Crippen LogP contribution in [0, 0.1) is 0 Å². The number of carbonyl (C=O) groups excluding carboxylic acids is 3. The van der Waals surface area contributed by atoms with Gasteiger partial charge < -0.3 is 29.8 Å². The van der Waals surface area contributed by atoms with Gasteiger partial charge in [-0.05, 0) is 43.4 Å². The molecule has 0 fully saturated rings. The minimum absolute atomic E-state index is 0.0887. The van der Waals surface area contributed by atoms with Gasteiger partial charge in [-0.25, -0.2) is 4.79 Å². The largest absolute Gasteiger partial charge is 0.481 e. The lowest BCUT2D eigenvalue weighted by Crippen LogP contribution is -2.47. The first-order chi connectivity index (χ1) is 18.8. The highest BCUT2D eigenvalue weighted by Gasteiger charge is 2.23. The van der Waals surface area contributed by atoms with Crippen molar-refractivity contribution in [2.24, 2.45) is 0 Å². The molecule has 0 aliphatic rings. The van der Waals surface area contributed by atoms with Gasteiger partial charge in [0, 0.05) is 31.9 Å². The maximum Gasteiger partial charge on any atom is 0.409 e. The number of ether oxygens (including phenoxy) is 1. The van der Waals surface area contributed by atoms with Gasteiger partial charge in [-0.3, -0.25) is 14.4 Å². The van der Waals surface area contributed by atoms with E-state index in [1.54, 1.807) is 19.2 Å². The fourth-order valence-electron chi connectivity index (χ4n) is 3.96. The average Bonchev–Trinajstić information content (AvgIpc) is 3.38. The Bertz CT molecular complexity index is 1210. The number of rotatable bonds is 15. The molecule has 1 atom stereocenters. The van der Waals surface area contributed by atoms with Crippen LogP contribution in [0.15, 0.2) is 65.1 Å². The Hall–Kier alpha value is -4.34. The average molecular weight is 538 g/mol. The Morgan fingerprint density at radius 3 is 2.46 bits per heavy atom. The number of carboxylic acids is 1. The van der Waals surface area contributed by atoms with Crippen LogP contribution in [0.25, 0.3) is 11.0 Å². The first-order valence-corrected chi connectivity index (χ1v) is 13.0. The van der Waals surface area contributed by atoms with Gasteiger partial charge in [0.1, 0.15) is 18.2 Å². The third-order valence-electron chi connectivity index (χ3n) is 6.14. The molecule has 0 bridgehead atoms.